The molecule has 0 bridgehead atoms. The third-order valence-corrected chi connectivity index (χ3v) is 3.14. The molecule has 4 nitrogen and oxygen atoms in total. The van der Waals surface area contributed by atoms with E-state index in [0.29, 0.717) is 18.5 Å². The SMILES string of the molecule is CC1CN(Cc2ccccn2)C(CC#N)CN1. The minimum absolute atomic E-state index is 0.304. The first-order valence-corrected chi connectivity index (χ1v) is 6.04. The van der Waals surface area contributed by atoms with Crippen molar-refractivity contribution in [2.75, 3.05) is 13.1 Å². The summed E-state index contributed by atoms with van der Waals surface area (Å²) in [6, 6.07) is 9.02. The van der Waals surface area contributed by atoms with Crippen molar-refractivity contribution in [1.29, 1.82) is 5.26 Å². The number of rotatable bonds is 3. The molecule has 0 aliphatic carbocycles. The second-order valence-electron chi connectivity index (χ2n) is 4.58. The molecule has 1 fully saturated rings. The number of aromatic nitrogens is 1. The average molecular weight is 230 g/mol. The van der Waals surface area contributed by atoms with Crippen LogP contribution in [0.4, 0.5) is 0 Å². The summed E-state index contributed by atoms with van der Waals surface area (Å²) in [4.78, 5) is 6.70. The Balaban J connectivity index is 2.03. The van der Waals surface area contributed by atoms with Crippen LogP contribution in [0, 0.1) is 11.3 Å². The number of piperazine rings is 1. The molecule has 90 valence electrons. The van der Waals surface area contributed by atoms with E-state index in [2.05, 4.69) is 28.2 Å². The number of pyridine rings is 1. The van der Waals surface area contributed by atoms with Crippen molar-refractivity contribution in [2.45, 2.75) is 32.0 Å². The van der Waals surface area contributed by atoms with E-state index in [1.54, 1.807) is 0 Å². The number of nitrogens with one attached hydrogen (secondary N) is 1. The van der Waals surface area contributed by atoms with E-state index in [0.717, 1.165) is 25.3 Å². The fourth-order valence-electron chi connectivity index (χ4n) is 2.23. The van der Waals surface area contributed by atoms with Gasteiger partial charge in [0.05, 0.1) is 18.2 Å². The molecule has 2 rings (SSSR count). The van der Waals surface area contributed by atoms with Gasteiger partial charge in [0.2, 0.25) is 0 Å². The van der Waals surface area contributed by atoms with Crippen LogP contribution >= 0.6 is 0 Å². The van der Waals surface area contributed by atoms with Gasteiger partial charge in [-0.1, -0.05) is 6.07 Å². The molecule has 0 aromatic carbocycles. The second-order valence-corrected chi connectivity index (χ2v) is 4.58. The van der Waals surface area contributed by atoms with Crippen molar-refractivity contribution >= 4 is 0 Å². The zero-order valence-corrected chi connectivity index (χ0v) is 10.1. The molecule has 2 heterocycles. The molecule has 1 aliphatic heterocycles. The maximum absolute atomic E-state index is 8.85. The van der Waals surface area contributed by atoms with Crippen LogP contribution in [0.25, 0.3) is 0 Å². The Morgan fingerprint density at radius 3 is 3.18 bits per heavy atom. The van der Waals surface area contributed by atoms with Gasteiger partial charge in [-0.25, -0.2) is 0 Å². The van der Waals surface area contributed by atoms with Gasteiger partial charge in [0.25, 0.3) is 0 Å². The van der Waals surface area contributed by atoms with Crippen molar-refractivity contribution in [1.82, 2.24) is 15.2 Å². The normalized spacial score (nSPS) is 25.4. The Kier molecular flexibility index (Phi) is 4.08. The summed E-state index contributed by atoms with van der Waals surface area (Å²) in [6.45, 7) is 4.87. The molecule has 1 aliphatic rings. The lowest BCUT2D eigenvalue weighted by Gasteiger charge is -2.38. The summed E-state index contributed by atoms with van der Waals surface area (Å²) < 4.78 is 0. The first-order chi connectivity index (χ1) is 8.29. The molecule has 0 spiro atoms. The highest BCUT2D eigenvalue weighted by Crippen LogP contribution is 2.13. The third-order valence-electron chi connectivity index (χ3n) is 3.14. The summed E-state index contributed by atoms with van der Waals surface area (Å²) in [6.07, 6.45) is 2.40. The molecule has 2 atom stereocenters. The van der Waals surface area contributed by atoms with Gasteiger partial charge in [-0.15, -0.1) is 0 Å². The Labute approximate surface area is 102 Å². The maximum atomic E-state index is 8.85. The quantitative estimate of drug-likeness (QED) is 0.846. The highest BCUT2D eigenvalue weighted by molar-refractivity contribution is 5.04. The van der Waals surface area contributed by atoms with Crippen molar-refractivity contribution < 1.29 is 0 Å². The van der Waals surface area contributed by atoms with Crippen molar-refractivity contribution in [2.24, 2.45) is 0 Å². The van der Waals surface area contributed by atoms with Gasteiger partial charge < -0.3 is 5.32 Å². The number of hydrogen-bond donors (Lipinski definition) is 1. The lowest BCUT2D eigenvalue weighted by atomic mass is 10.1. The maximum Gasteiger partial charge on any atom is 0.0638 e. The molecule has 4 heteroatoms. The number of hydrogen-bond acceptors (Lipinski definition) is 4. The molecule has 0 amide bonds. The molecule has 17 heavy (non-hydrogen) atoms. The lowest BCUT2D eigenvalue weighted by Crippen LogP contribution is -2.54. The van der Waals surface area contributed by atoms with E-state index in [9.17, 15) is 0 Å². The lowest BCUT2D eigenvalue weighted by molar-refractivity contribution is 0.128. The standard InChI is InChI=1S/C13H18N4/c1-11-9-17(13(5-6-14)8-16-11)10-12-4-2-3-7-15-12/h2-4,7,11,13,16H,5,8-10H2,1H3. The highest BCUT2D eigenvalue weighted by atomic mass is 15.2. The molecule has 0 radical (unpaired) electrons. The van der Waals surface area contributed by atoms with Gasteiger partial charge in [0, 0.05) is 37.9 Å². The topological polar surface area (TPSA) is 52.0 Å². The molecule has 1 N–H and O–H groups in total. The van der Waals surface area contributed by atoms with Gasteiger partial charge in [-0.3, -0.25) is 9.88 Å². The van der Waals surface area contributed by atoms with Gasteiger partial charge in [0.1, 0.15) is 0 Å². The molecule has 1 saturated heterocycles. The van der Waals surface area contributed by atoms with Crippen LogP contribution in [0.1, 0.15) is 19.0 Å². The Hall–Kier alpha value is -1.44. The Morgan fingerprint density at radius 1 is 1.59 bits per heavy atom. The smallest absolute Gasteiger partial charge is 0.0638 e. The zero-order chi connectivity index (χ0) is 12.1. The van der Waals surface area contributed by atoms with Crippen LogP contribution in [0.5, 0.6) is 0 Å². The summed E-state index contributed by atoms with van der Waals surface area (Å²) >= 11 is 0. The Bertz CT molecular complexity index is 384. The first-order valence-electron chi connectivity index (χ1n) is 6.04. The van der Waals surface area contributed by atoms with E-state index < -0.39 is 0 Å². The van der Waals surface area contributed by atoms with E-state index in [1.165, 1.54) is 0 Å². The van der Waals surface area contributed by atoms with E-state index in [4.69, 9.17) is 5.26 Å². The van der Waals surface area contributed by atoms with Crippen LogP contribution in [-0.2, 0) is 6.54 Å². The van der Waals surface area contributed by atoms with Crippen LogP contribution in [0.3, 0.4) is 0 Å². The minimum atomic E-state index is 0.304. The van der Waals surface area contributed by atoms with E-state index in [1.807, 2.05) is 24.4 Å². The zero-order valence-electron chi connectivity index (χ0n) is 10.1. The second kappa shape index (κ2) is 5.76. The van der Waals surface area contributed by atoms with Crippen LogP contribution in [0.15, 0.2) is 24.4 Å². The van der Waals surface area contributed by atoms with E-state index >= 15 is 0 Å². The predicted octanol–water partition coefficient (Wildman–Crippen LogP) is 1.16. The van der Waals surface area contributed by atoms with Crippen LogP contribution in [0.2, 0.25) is 0 Å². The third kappa shape index (κ3) is 3.26. The predicted molar refractivity (Wildman–Crippen MR) is 66.1 cm³/mol. The van der Waals surface area contributed by atoms with E-state index in [-0.39, 0.29) is 0 Å². The fourth-order valence-corrected chi connectivity index (χ4v) is 2.23. The summed E-state index contributed by atoms with van der Waals surface area (Å²) in [5.41, 5.74) is 1.07. The summed E-state index contributed by atoms with van der Waals surface area (Å²) in [5.74, 6) is 0. The molecule has 2 unspecified atom stereocenters. The number of nitrogens with zero attached hydrogens (tertiary/aromatic N) is 3. The number of nitriles is 1. The Morgan fingerprint density at radius 2 is 2.47 bits per heavy atom. The van der Waals surface area contributed by atoms with Gasteiger partial charge in [-0.05, 0) is 19.1 Å². The monoisotopic (exact) mass is 230 g/mol. The van der Waals surface area contributed by atoms with Crippen LogP contribution in [-0.4, -0.2) is 35.1 Å². The van der Waals surface area contributed by atoms with Gasteiger partial charge >= 0.3 is 0 Å². The van der Waals surface area contributed by atoms with Gasteiger partial charge in [0.15, 0.2) is 0 Å². The fraction of sp³-hybridized carbons (Fsp3) is 0.538. The first kappa shape index (κ1) is 12.0. The summed E-state index contributed by atoms with van der Waals surface area (Å²) in [7, 11) is 0. The average Bonchev–Trinajstić information content (AvgIpc) is 2.34. The molecular formula is C13H18N4. The largest absolute Gasteiger partial charge is 0.311 e. The minimum Gasteiger partial charge on any atom is -0.311 e. The van der Waals surface area contributed by atoms with Crippen LogP contribution < -0.4 is 5.32 Å². The molecule has 1 aromatic rings. The van der Waals surface area contributed by atoms with Crippen molar-refractivity contribution in [3.8, 4) is 6.07 Å². The van der Waals surface area contributed by atoms with Crippen molar-refractivity contribution in [3.63, 3.8) is 0 Å². The van der Waals surface area contributed by atoms with Crippen molar-refractivity contribution in [3.05, 3.63) is 30.1 Å². The molecule has 1 aromatic heterocycles. The highest BCUT2D eigenvalue weighted by Gasteiger charge is 2.25. The molecular weight excluding hydrogens is 212 g/mol. The summed E-state index contributed by atoms with van der Waals surface area (Å²) in [5, 5.41) is 12.3. The molecule has 0 saturated carbocycles. The van der Waals surface area contributed by atoms with Gasteiger partial charge in [-0.2, -0.15) is 5.26 Å².